The van der Waals surface area contributed by atoms with Crippen LogP contribution >= 0.6 is 22.9 Å². The van der Waals surface area contributed by atoms with E-state index in [0.717, 1.165) is 23.0 Å². The first-order valence-electron chi connectivity index (χ1n) is 11.3. The number of nitrogens with zero attached hydrogens (tertiary/aromatic N) is 1. The van der Waals surface area contributed by atoms with Crippen LogP contribution in [0.15, 0.2) is 65.0 Å². The van der Waals surface area contributed by atoms with Crippen LogP contribution in [0.25, 0.3) is 6.08 Å². The number of sulfonamides is 1. The van der Waals surface area contributed by atoms with Crippen LogP contribution in [-0.2, 0) is 32.3 Å². The number of carbonyl (C=O) groups excluding carboxylic acids is 2. The molecule has 1 aromatic carbocycles. The minimum Gasteiger partial charge on any atom is -0.369 e. The molecule has 2 amide bonds. The number of aromatic nitrogens is 1. The summed E-state index contributed by atoms with van der Waals surface area (Å²) in [5.41, 5.74) is 1.98. The predicted octanol–water partition coefficient (Wildman–Crippen LogP) is 4.35. The maximum absolute atomic E-state index is 12.7. The Morgan fingerprint density at radius 3 is 2.54 bits per heavy atom. The normalized spacial score (nSPS) is 11.9. The first kappa shape index (κ1) is 30.1. The number of rotatable bonds is 12. The van der Waals surface area contributed by atoms with Gasteiger partial charge in [-0.25, -0.2) is 13.4 Å². The van der Waals surface area contributed by atoms with Crippen LogP contribution in [0.4, 0.5) is 19.0 Å². The fraction of sp³-hybridized carbons (Fsp3) is 0.208. The summed E-state index contributed by atoms with van der Waals surface area (Å²) in [6, 6.07) is 12.9. The van der Waals surface area contributed by atoms with Crippen molar-refractivity contribution in [3.05, 3.63) is 81.8 Å². The summed E-state index contributed by atoms with van der Waals surface area (Å²) < 4.78 is 62.9. The number of anilines is 1. The fourth-order valence-corrected chi connectivity index (χ4v) is 5.37. The smallest absolute Gasteiger partial charge is 0.369 e. The van der Waals surface area contributed by atoms with Gasteiger partial charge in [-0.15, -0.1) is 16.2 Å². The lowest BCUT2D eigenvalue weighted by atomic mass is 10.2. The van der Waals surface area contributed by atoms with Crippen LogP contribution < -0.4 is 20.9 Å². The lowest BCUT2D eigenvalue weighted by Crippen LogP contribution is -2.41. The number of pyridine rings is 1. The quantitative estimate of drug-likeness (QED) is 0.139. The van der Waals surface area contributed by atoms with Crippen LogP contribution in [0.2, 0.25) is 5.02 Å². The zero-order chi connectivity index (χ0) is 28.5. The van der Waals surface area contributed by atoms with E-state index in [2.05, 4.69) is 21.0 Å². The van der Waals surface area contributed by atoms with Gasteiger partial charge in [0.25, 0.3) is 10.0 Å². The number of benzene rings is 1. The predicted molar refractivity (Wildman–Crippen MR) is 142 cm³/mol. The molecule has 0 aliphatic heterocycles. The number of hydrogen-bond donors (Lipinski definition) is 4. The van der Waals surface area contributed by atoms with Gasteiger partial charge in [0.2, 0.25) is 11.8 Å². The largest absolute Gasteiger partial charge is 0.417 e. The maximum atomic E-state index is 12.7. The van der Waals surface area contributed by atoms with E-state index in [4.69, 9.17) is 11.6 Å². The number of nitrogens with one attached hydrogen (secondary N) is 4. The molecule has 39 heavy (non-hydrogen) atoms. The molecule has 208 valence electrons. The zero-order valence-corrected chi connectivity index (χ0v) is 22.5. The number of hydrogen-bond acceptors (Lipinski definition) is 7. The molecule has 0 saturated carbocycles. The van der Waals surface area contributed by atoms with Crippen molar-refractivity contribution in [3.8, 4) is 0 Å². The molecule has 15 heteroatoms. The molecular formula is C24H23ClF3N5O4S2. The van der Waals surface area contributed by atoms with Crippen LogP contribution in [0.3, 0.4) is 0 Å². The number of amides is 2. The molecule has 9 nitrogen and oxygen atoms in total. The highest BCUT2D eigenvalue weighted by Crippen LogP contribution is 2.32. The summed E-state index contributed by atoms with van der Waals surface area (Å²) in [6.07, 6.45) is -0.769. The highest BCUT2D eigenvalue weighted by molar-refractivity contribution is 7.91. The Balaban J connectivity index is 1.39. The van der Waals surface area contributed by atoms with E-state index in [1.54, 1.807) is 12.1 Å². The van der Waals surface area contributed by atoms with Gasteiger partial charge in [-0.1, -0.05) is 41.9 Å². The van der Waals surface area contributed by atoms with Gasteiger partial charge >= 0.3 is 6.18 Å². The number of halogens is 4. The van der Waals surface area contributed by atoms with Gasteiger partial charge in [0.05, 0.1) is 17.1 Å². The molecule has 0 unspecified atom stereocenters. The topological polar surface area (TPSA) is 129 Å². The highest BCUT2D eigenvalue weighted by Gasteiger charge is 2.31. The van der Waals surface area contributed by atoms with Crippen molar-refractivity contribution in [2.45, 2.75) is 29.8 Å². The van der Waals surface area contributed by atoms with Gasteiger partial charge in [-0.2, -0.15) is 13.2 Å². The third-order valence-electron chi connectivity index (χ3n) is 4.93. The summed E-state index contributed by atoms with van der Waals surface area (Å²) in [4.78, 5) is 30.2. The Morgan fingerprint density at radius 1 is 1.10 bits per heavy atom. The van der Waals surface area contributed by atoms with Gasteiger partial charge in [0, 0.05) is 30.1 Å². The van der Waals surface area contributed by atoms with E-state index >= 15 is 0 Å². The minimum absolute atomic E-state index is 0.0303. The average molecular weight is 602 g/mol. The summed E-state index contributed by atoms with van der Waals surface area (Å²) in [5, 5.41) is 5.17. The molecule has 0 saturated heterocycles. The molecule has 3 aromatic rings. The monoisotopic (exact) mass is 601 g/mol. The van der Waals surface area contributed by atoms with E-state index in [9.17, 15) is 31.2 Å². The van der Waals surface area contributed by atoms with Crippen LogP contribution in [0, 0.1) is 0 Å². The Bertz CT molecular complexity index is 1430. The summed E-state index contributed by atoms with van der Waals surface area (Å²) in [6.45, 7) is 0.272. The van der Waals surface area contributed by atoms with Crippen molar-refractivity contribution in [2.24, 2.45) is 0 Å². The van der Waals surface area contributed by atoms with Crippen molar-refractivity contribution in [1.82, 2.24) is 20.6 Å². The first-order chi connectivity index (χ1) is 18.4. The highest BCUT2D eigenvalue weighted by atomic mass is 35.5. The molecule has 0 aliphatic rings. The lowest BCUT2D eigenvalue weighted by molar-refractivity contribution is -0.137. The fourth-order valence-electron chi connectivity index (χ4n) is 2.98. The molecule has 0 fully saturated rings. The van der Waals surface area contributed by atoms with Crippen molar-refractivity contribution in [1.29, 1.82) is 0 Å². The van der Waals surface area contributed by atoms with Crippen LogP contribution in [0.5, 0.6) is 0 Å². The van der Waals surface area contributed by atoms with Crippen LogP contribution in [-0.4, -0.2) is 31.8 Å². The molecule has 2 heterocycles. The van der Waals surface area contributed by atoms with E-state index < -0.39 is 27.7 Å². The second-order valence-corrected chi connectivity index (χ2v) is 11.4. The Labute approximate surface area is 231 Å². The van der Waals surface area contributed by atoms with Gasteiger partial charge in [-0.05, 0) is 36.3 Å². The SMILES string of the molecule is O=C(/C=C/c1ccccc1)NCc1ccc(S(=O)(=O)NNC(=O)CCCNc2ncc(C(F)(F)F)cc2Cl)s1. The molecule has 0 aliphatic carbocycles. The van der Waals surface area contributed by atoms with Crippen molar-refractivity contribution in [2.75, 3.05) is 11.9 Å². The standard InChI is InChI=1S/C24H23ClF3N5O4S2/c25-19-13-17(24(26,27)28)14-31-23(19)29-12-4-7-21(35)32-33-39(36,37)22-11-9-18(38-22)15-30-20(34)10-8-16-5-2-1-3-6-16/h1-3,5-6,8-11,13-14,33H,4,7,12,15H2,(H,29,31)(H,30,34)(H,32,35)/b10-8+. The first-order valence-corrected chi connectivity index (χ1v) is 14.0. The maximum Gasteiger partial charge on any atom is 0.417 e. The third kappa shape index (κ3) is 9.66. The van der Waals surface area contributed by atoms with Crippen molar-refractivity contribution in [3.63, 3.8) is 0 Å². The van der Waals surface area contributed by atoms with Gasteiger partial charge in [0.1, 0.15) is 10.0 Å². The van der Waals surface area contributed by atoms with E-state index in [1.165, 1.54) is 12.1 Å². The third-order valence-corrected chi connectivity index (χ3v) is 8.04. The van der Waals surface area contributed by atoms with Crippen LogP contribution in [0.1, 0.15) is 28.8 Å². The van der Waals surface area contributed by atoms with Gasteiger partial charge < -0.3 is 10.6 Å². The minimum atomic E-state index is -4.57. The number of alkyl halides is 3. The lowest BCUT2D eigenvalue weighted by Gasteiger charge is -2.11. The number of hydrazine groups is 1. The van der Waals surface area contributed by atoms with E-state index in [-0.39, 0.29) is 46.9 Å². The molecule has 2 aromatic heterocycles. The molecule has 4 N–H and O–H groups in total. The summed E-state index contributed by atoms with van der Waals surface area (Å²) in [5.74, 6) is -0.934. The van der Waals surface area contributed by atoms with Crippen molar-refractivity contribution >= 4 is 56.7 Å². The average Bonchev–Trinajstić information content (AvgIpc) is 3.38. The van der Waals surface area contributed by atoms with Gasteiger partial charge in [0.15, 0.2) is 0 Å². The van der Waals surface area contributed by atoms with Gasteiger partial charge in [-0.3, -0.25) is 15.0 Å². The zero-order valence-electron chi connectivity index (χ0n) is 20.1. The van der Waals surface area contributed by atoms with E-state index in [0.29, 0.717) is 11.1 Å². The molecule has 0 spiro atoms. The molecule has 0 atom stereocenters. The Hall–Kier alpha value is -3.46. The Morgan fingerprint density at radius 2 is 1.85 bits per heavy atom. The Kier molecular flexibility index (Phi) is 10.5. The second-order valence-electron chi connectivity index (χ2n) is 7.92. The van der Waals surface area contributed by atoms with Crippen molar-refractivity contribution < 1.29 is 31.2 Å². The number of carbonyl (C=O) groups is 2. The molecule has 0 radical (unpaired) electrons. The summed E-state index contributed by atoms with van der Waals surface area (Å²) >= 11 is 6.74. The van der Waals surface area contributed by atoms with E-state index in [1.807, 2.05) is 35.2 Å². The molecular weight excluding hydrogens is 579 g/mol. The molecule has 3 rings (SSSR count). The number of thiophene rings is 1. The summed E-state index contributed by atoms with van der Waals surface area (Å²) in [7, 11) is -4.04. The second kappa shape index (κ2) is 13.6. The molecule has 0 bridgehead atoms.